The van der Waals surface area contributed by atoms with Gasteiger partial charge in [0.05, 0.1) is 0 Å². The molecule has 1 aliphatic carbocycles. The van der Waals surface area contributed by atoms with Gasteiger partial charge in [0.2, 0.25) is 0 Å². The first-order valence-electron chi connectivity index (χ1n) is 7.73. The van der Waals surface area contributed by atoms with Crippen molar-refractivity contribution >= 4 is 0 Å². The SMILES string of the molecule is CCNC(C)CC(C)(C)C1CCCC(CC)C1. The lowest BCUT2D eigenvalue weighted by Crippen LogP contribution is -2.36. The Morgan fingerprint density at radius 1 is 1.24 bits per heavy atom. The second-order valence-electron chi connectivity index (χ2n) is 6.79. The first-order chi connectivity index (χ1) is 7.99. The summed E-state index contributed by atoms with van der Waals surface area (Å²) in [6.07, 6.45) is 8.58. The quantitative estimate of drug-likeness (QED) is 0.713. The van der Waals surface area contributed by atoms with Gasteiger partial charge in [-0.2, -0.15) is 0 Å². The van der Waals surface area contributed by atoms with Gasteiger partial charge >= 0.3 is 0 Å². The van der Waals surface area contributed by atoms with Gasteiger partial charge in [-0.3, -0.25) is 0 Å². The van der Waals surface area contributed by atoms with Crippen LogP contribution in [0, 0.1) is 17.3 Å². The van der Waals surface area contributed by atoms with Crippen molar-refractivity contribution in [1.29, 1.82) is 0 Å². The molecule has 0 aromatic rings. The van der Waals surface area contributed by atoms with Crippen LogP contribution in [0.3, 0.4) is 0 Å². The minimum atomic E-state index is 0.509. The molecule has 102 valence electrons. The minimum absolute atomic E-state index is 0.509. The van der Waals surface area contributed by atoms with E-state index in [9.17, 15) is 0 Å². The molecule has 0 radical (unpaired) electrons. The average molecular weight is 239 g/mol. The van der Waals surface area contributed by atoms with E-state index in [2.05, 4.69) is 39.9 Å². The molecule has 0 bridgehead atoms. The van der Waals surface area contributed by atoms with Gasteiger partial charge in [-0.05, 0) is 50.0 Å². The maximum atomic E-state index is 3.57. The molecule has 1 saturated carbocycles. The van der Waals surface area contributed by atoms with E-state index in [1.165, 1.54) is 38.5 Å². The lowest BCUT2D eigenvalue weighted by Gasteiger charge is -2.41. The monoisotopic (exact) mass is 239 g/mol. The van der Waals surface area contributed by atoms with Crippen LogP contribution in [-0.4, -0.2) is 12.6 Å². The van der Waals surface area contributed by atoms with Crippen molar-refractivity contribution in [2.75, 3.05) is 6.54 Å². The van der Waals surface area contributed by atoms with Crippen molar-refractivity contribution in [3.05, 3.63) is 0 Å². The summed E-state index contributed by atoms with van der Waals surface area (Å²) in [4.78, 5) is 0. The molecule has 0 spiro atoms. The summed E-state index contributed by atoms with van der Waals surface area (Å²) in [6, 6.07) is 0.664. The third-order valence-electron chi connectivity index (χ3n) is 4.85. The molecule has 1 fully saturated rings. The molecule has 0 saturated heterocycles. The van der Waals surface area contributed by atoms with Crippen LogP contribution in [0.25, 0.3) is 0 Å². The molecule has 3 unspecified atom stereocenters. The van der Waals surface area contributed by atoms with E-state index in [0.717, 1.165) is 18.4 Å². The van der Waals surface area contributed by atoms with Gasteiger partial charge in [0.15, 0.2) is 0 Å². The first-order valence-corrected chi connectivity index (χ1v) is 7.73. The Bertz CT molecular complexity index is 210. The molecule has 0 heterocycles. The van der Waals surface area contributed by atoms with E-state index in [1.54, 1.807) is 0 Å². The van der Waals surface area contributed by atoms with Crippen LogP contribution >= 0.6 is 0 Å². The largest absolute Gasteiger partial charge is 0.315 e. The highest BCUT2D eigenvalue weighted by atomic mass is 14.9. The smallest absolute Gasteiger partial charge is 0.00437 e. The van der Waals surface area contributed by atoms with Crippen molar-refractivity contribution < 1.29 is 0 Å². The maximum absolute atomic E-state index is 3.57. The Kier molecular flexibility index (Phi) is 5.99. The van der Waals surface area contributed by atoms with Crippen molar-refractivity contribution in [2.24, 2.45) is 17.3 Å². The topological polar surface area (TPSA) is 12.0 Å². The van der Waals surface area contributed by atoms with Gasteiger partial charge in [0.1, 0.15) is 0 Å². The molecule has 1 aliphatic rings. The van der Waals surface area contributed by atoms with E-state index in [0.29, 0.717) is 11.5 Å². The molecule has 1 nitrogen and oxygen atoms in total. The van der Waals surface area contributed by atoms with E-state index < -0.39 is 0 Å². The molecule has 0 aromatic carbocycles. The second kappa shape index (κ2) is 6.78. The van der Waals surface area contributed by atoms with Gasteiger partial charge < -0.3 is 5.32 Å². The average Bonchev–Trinajstić information content (AvgIpc) is 2.28. The van der Waals surface area contributed by atoms with Crippen molar-refractivity contribution in [2.45, 2.75) is 79.2 Å². The highest BCUT2D eigenvalue weighted by Crippen LogP contribution is 2.43. The normalized spacial score (nSPS) is 28.1. The number of rotatable bonds is 6. The molecular weight excluding hydrogens is 206 g/mol. The van der Waals surface area contributed by atoms with Gasteiger partial charge in [-0.25, -0.2) is 0 Å². The molecule has 1 heteroatoms. The zero-order valence-electron chi connectivity index (χ0n) is 12.7. The lowest BCUT2D eigenvalue weighted by molar-refractivity contribution is 0.104. The highest BCUT2D eigenvalue weighted by molar-refractivity contribution is 4.86. The molecule has 0 aromatic heterocycles. The van der Waals surface area contributed by atoms with Crippen LogP contribution in [-0.2, 0) is 0 Å². The van der Waals surface area contributed by atoms with Gasteiger partial charge in [-0.1, -0.05) is 47.0 Å². The number of hydrogen-bond acceptors (Lipinski definition) is 1. The van der Waals surface area contributed by atoms with E-state index >= 15 is 0 Å². The Hall–Kier alpha value is -0.0400. The minimum Gasteiger partial charge on any atom is -0.315 e. The standard InChI is InChI=1S/C16H33N/c1-6-14-9-8-10-15(11-14)16(4,5)12-13(3)17-7-2/h13-15,17H,6-12H2,1-5H3. The zero-order chi connectivity index (χ0) is 12.9. The summed E-state index contributed by atoms with van der Waals surface area (Å²) in [6.45, 7) is 13.0. The van der Waals surface area contributed by atoms with Crippen LogP contribution in [0.2, 0.25) is 0 Å². The number of hydrogen-bond donors (Lipinski definition) is 1. The van der Waals surface area contributed by atoms with Crippen LogP contribution in [0.5, 0.6) is 0 Å². The Labute approximate surface area is 109 Å². The van der Waals surface area contributed by atoms with E-state index in [1.807, 2.05) is 0 Å². The number of nitrogens with one attached hydrogen (secondary N) is 1. The van der Waals surface area contributed by atoms with Crippen LogP contribution in [0.15, 0.2) is 0 Å². The van der Waals surface area contributed by atoms with Crippen molar-refractivity contribution in [1.82, 2.24) is 5.32 Å². The fourth-order valence-electron chi connectivity index (χ4n) is 3.75. The van der Waals surface area contributed by atoms with Crippen LogP contribution in [0.4, 0.5) is 0 Å². The van der Waals surface area contributed by atoms with Crippen molar-refractivity contribution in [3.63, 3.8) is 0 Å². The summed E-state index contributed by atoms with van der Waals surface area (Å²) in [5, 5.41) is 3.57. The fourth-order valence-corrected chi connectivity index (χ4v) is 3.75. The first kappa shape index (κ1) is 15.0. The van der Waals surface area contributed by atoms with Gasteiger partial charge in [0, 0.05) is 6.04 Å². The zero-order valence-corrected chi connectivity index (χ0v) is 12.7. The van der Waals surface area contributed by atoms with Gasteiger partial charge in [0.25, 0.3) is 0 Å². The summed E-state index contributed by atoms with van der Waals surface area (Å²) in [5.74, 6) is 1.95. The Balaban J connectivity index is 2.50. The molecule has 17 heavy (non-hydrogen) atoms. The van der Waals surface area contributed by atoms with Gasteiger partial charge in [-0.15, -0.1) is 0 Å². The van der Waals surface area contributed by atoms with Crippen molar-refractivity contribution in [3.8, 4) is 0 Å². The van der Waals surface area contributed by atoms with E-state index in [4.69, 9.17) is 0 Å². The maximum Gasteiger partial charge on any atom is 0.00437 e. The third-order valence-corrected chi connectivity index (χ3v) is 4.85. The summed E-state index contributed by atoms with van der Waals surface area (Å²) >= 11 is 0. The molecule has 1 N–H and O–H groups in total. The third kappa shape index (κ3) is 4.62. The molecule has 3 atom stereocenters. The summed E-state index contributed by atoms with van der Waals surface area (Å²) in [5.41, 5.74) is 0.509. The second-order valence-corrected chi connectivity index (χ2v) is 6.79. The summed E-state index contributed by atoms with van der Waals surface area (Å²) < 4.78 is 0. The Morgan fingerprint density at radius 3 is 2.53 bits per heavy atom. The summed E-state index contributed by atoms with van der Waals surface area (Å²) in [7, 11) is 0. The molecule has 0 aliphatic heterocycles. The lowest BCUT2D eigenvalue weighted by atomic mass is 9.65. The van der Waals surface area contributed by atoms with Crippen LogP contribution in [0.1, 0.15) is 73.1 Å². The molecule has 1 rings (SSSR count). The molecule has 0 amide bonds. The predicted molar refractivity (Wildman–Crippen MR) is 77.3 cm³/mol. The Morgan fingerprint density at radius 2 is 1.94 bits per heavy atom. The van der Waals surface area contributed by atoms with E-state index in [-0.39, 0.29) is 0 Å². The van der Waals surface area contributed by atoms with Crippen LogP contribution < -0.4 is 5.32 Å². The molecular formula is C16H33N. The predicted octanol–water partition coefficient (Wildman–Crippen LogP) is 4.62. The highest BCUT2D eigenvalue weighted by Gasteiger charge is 2.34. The fraction of sp³-hybridized carbons (Fsp3) is 1.00.